The van der Waals surface area contributed by atoms with Gasteiger partial charge in [0.25, 0.3) is 0 Å². The molecule has 1 fully saturated rings. The van der Waals surface area contributed by atoms with E-state index in [1.54, 1.807) is 4.68 Å². The molecule has 0 aromatic carbocycles. The number of aliphatic imine (C=N–C) groups is 1. The maximum atomic E-state index is 12.4. The highest BCUT2D eigenvalue weighted by molar-refractivity contribution is 5.79. The van der Waals surface area contributed by atoms with E-state index in [9.17, 15) is 4.79 Å². The lowest BCUT2D eigenvalue weighted by Crippen LogP contribution is -2.46. The number of fused-ring (bicyclic) bond motifs is 1. The van der Waals surface area contributed by atoms with Gasteiger partial charge in [0.05, 0.1) is 0 Å². The number of aromatic nitrogens is 3. The maximum absolute atomic E-state index is 12.4. The van der Waals surface area contributed by atoms with Crippen LogP contribution in [0.1, 0.15) is 64.6 Å². The summed E-state index contributed by atoms with van der Waals surface area (Å²) in [5.41, 5.74) is 0.0423. The molecule has 0 radical (unpaired) electrons. The van der Waals surface area contributed by atoms with Crippen molar-refractivity contribution in [3.63, 3.8) is 0 Å². The molecule has 1 saturated heterocycles. The largest absolute Gasteiger partial charge is 0.357 e. The summed E-state index contributed by atoms with van der Waals surface area (Å²) >= 11 is 0. The number of rotatable bonds is 9. The van der Waals surface area contributed by atoms with E-state index in [2.05, 4.69) is 39.5 Å². The number of piperidine rings is 1. The van der Waals surface area contributed by atoms with Crippen molar-refractivity contribution in [2.75, 3.05) is 32.7 Å². The van der Waals surface area contributed by atoms with Gasteiger partial charge in [0, 0.05) is 51.7 Å². The smallest absolute Gasteiger partial charge is 0.345 e. The minimum absolute atomic E-state index is 0.0423. The lowest BCUT2D eigenvalue weighted by molar-refractivity contribution is 0.147. The van der Waals surface area contributed by atoms with Crippen LogP contribution in [0, 0.1) is 0 Å². The van der Waals surface area contributed by atoms with Gasteiger partial charge < -0.3 is 10.6 Å². The van der Waals surface area contributed by atoms with E-state index in [4.69, 9.17) is 0 Å². The van der Waals surface area contributed by atoms with Gasteiger partial charge in [-0.3, -0.25) is 14.5 Å². The first-order chi connectivity index (χ1) is 14.2. The first-order valence-corrected chi connectivity index (χ1v) is 11.7. The number of guanidine groups is 1. The van der Waals surface area contributed by atoms with Crippen LogP contribution in [0.15, 0.2) is 9.79 Å². The molecule has 2 N–H and O–H groups in total. The molecule has 3 rings (SSSR count). The highest BCUT2D eigenvalue weighted by Gasteiger charge is 2.20. The Balaban J connectivity index is 1.43. The summed E-state index contributed by atoms with van der Waals surface area (Å²) in [5, 5.41) is 11.3. The van der Waals surface area contributed by atoms with E-state index >= 15 is 0 Å². The minimum Gasteiger partial charge on any atom is -0.357 e. The van der Waals surface area contributed by atoms with E-state index in [1.807, 2.05) is 4.57 Å². The Morgan fingerprint density at radius 3 is 2.79 bits per heavy atom. The Kier molecular flexibility index (Phi) is 8.58. The van der Waals surface area contributed by atoms with Crippen molar-refractivity contribution < 1.29 is 0 Å². The van der Waals surface area contributed by atoms with E-state index in [-0.39, 0.29) is 5.69 Å². The third kappa shape index (κ3) is 6.07. The van der Waals surface area contributed by atoms with Gasteiger partial charge in [-0.1, -0.05) is 13.3 Å². The number of nitrogens with zero attached hydrogens (tertiary/aromatic N) is 5. The summed E-state index contributed by atoms with van der Waals surface area (Å²) in [6, 6.07) is 0.740. The summed E-state index contributed by atoms with van der Waals surface area (Å²) in [6.07, 6.45) is 9.22. The van der Waals surface area contributed by atoms with Gasteiger partial charge in [-0.2, -0.15) is 5.10 Å². The second-order valence-electron chi connectivity index (χ2n) is 8.17. The summed E-state index contributed by atoms with van der Waals surface area (Å²) in [4.78, 5) is 19.7. The molecule has 8 nitrogen and oxygen atoms in total. The molecular formula is C21H39N7O. The highest BCUT2D eigenvalue weighted by atomic mass is 16.2. The maximum Gasteiger partial charge on any atom is 0.345 e. The van der Waals surface area contributed by atoms with Crippen molar-refractivity contribution in [2.45, 2.75) is 84.3 Å². The van der Waals surface area contributed by atoms with Crippen molar-refractivity contribution in [1.29, 1.82) is 0 Å². The molecule has 1 aromatic rings. The predicted molar refractivity (Wildman–Crippen MR) is 118 cm³/mol. The van der Waals surface area contributed by atoms with Gasteiger partial charge in [0.2, 0.25) is 0 Å². The van der Waals surface area contributed by atoms with E-state index in [0.29, 0.717) is 13.1 Å². The zero-order chi connectivity index (χ0) is 20.5. The monoisotopic (exact) mass is 405 g/mol. The Morgan fingerprint density at radius 1 is 1.14 bits per heavy atom. The van der Waals surface area contributed by atoms with Crippen molar-refractivity contribution in [3.05, 3.63) is 16.3 Å². The second kappa shape index (κ2) is 11.4. The fourth-order valence-corrected chi connectivity index (χ4v) is 4.48. The van der Waals surface area contributed by atoms with Crippen molar-refractivity contribution in [1.82, 2.24) is 29.9 Å². The Hall–Kier alpha value is -1.83. The van der Waals surface area contributed by atoms with E-state index in [0.717, 1.165) is 69.7 Å². The fraction of sp³-hybridized carbons (Fsp3) is 0.857. The summed E-state index contributed by atoms with van der Waals surface area (Å²) in [6.45, 7) is 10.6. The average molecular weight is 406 g/mol. The van der Waals surface area contributed by atoms with Gasteiger partial charge in [0.1, 0.15) is 5.82 Å². The fourth-order valence-electron chi connectivity index (χ4n) is 4.48. The molecule has 2 aliphatic rings. The first kappa shape index (κ1) is 21.9. The quantitative estimate of drug-likeness (QED) is 0.371. The Morgan fingerprint density at radius 2 is 2.00 bits per heavy atom. The van der Waals surface area contributed by atoms with Gasteiger partial charge in [-0.05, 0) is 52.0 Å². The van der Waals surface area contributed by atoms with Crippen LogP contribution in [0.5, 0.6) is 0 Å². The zero-order valence-corrected chi connectivity index (χ0v) is 18.3. The van der Waals surface area contributed by atoms with Crippen LogP contribution in [0.2, 0.25) is 0 Å². The minimum atomic E-state index is 0.0423. The van der Waals surface area contributed by atoms with Gasteiger partial charge in [-0.15, -0.1) is 0 Å². The van der Waals surface area contributed by atoms with Crippen molar-refractivity contribution in [3.8, 4) is 0 Å². The first-order valence-electron chi connectivity index (χ1n) is 11.7. The number of likely N-dealkylation sites (tertiary alicyclic amines) is 1. The molecule has 0 saturated carbocycles. The average Bonchev–Trinajstić information content (AvgIpc) is 3.07. The van der Waals surface area contributed by atoms with E-state index < -0.39 is 0 Å². The van der Waals surface area contributed by atoms with Crippen LogP contribution < -0.4 is 16.3 Å². The Labute approximate surface area is 174 Å². The van der Waals surface area contributed by atoms with Crippen LogP contribution in [-0.4, -0.2) is 64.0 Å². The molecule has 1 unspecified atom stereocenters. The normalized spacial score (nSPS) is 20.5. The van der Waals surface area contributed by atoms with Crippen LogP contribution >= 0.6 is 0 Å². The third-order valence-corrected chi connectivity index (χ3v) is 6.09. The number of aryl methyl sites for hydroxylation is 2. The second-order valence-corrected chi connectivity index (χ2v) is 8.17. The molecule has 3 heterocycles. The molecule has 29 heavy (non-hydrogen) atoms. The molecule has 2 aliphatic heterocycles. The molecule has 8 heteroatoms. The molecule has 164 valence electrons. The molecule has 0 aliphatic carbocycles. The topological polar surface area (TPSA) is 79.5 Å². The number of hydrogen-bond acceptors (Lipinski definition) is 4. The van der Waals surface area contributed by atoms with Crippen LogP contribution in [0.25, 0.3) is 0 Å². The summed E-state index contributed by atoms with van der Waals surface area (Å²) < 4.78 is 3.46. The van der Waals surface area contributed by atoms with Crippen LogP contribution in [0.4, 0.5) is 0 Å². The molecule has 1 atom stereocenters. The predicted octanol–water partition coefficient (Wildman–Crippen LogP) is 1.59. The lowest BCUT2D eigenvalue weighted by atomic mass is 10.0. The zero-order valence-electron chi connectivity index (χ0n) is 18.3. The molecule has 1 aromatic heterocycles. The summed E-state index contributed by atoms with van der Waals surface area (Å²) in [7, 11) is 0. The van der Waals surface area contributed by atoms with Gasteiger partial charge in [0.15, 0.2) is 5.96 Å². The number of hydrogen-bond donors (Lipinski definition) is 2. The standard InChI is InChI=1S/C21H39N7O/c1-3-18-10-5-7-14-26(18)17-13-24-20(22-4-2)23-12-9-16-28-21(29)27-15-8-6-11-19(27)25-28/h18H,3-17H2,1-2H3,(H2,22,23,24). The van der Waals surface area contributed by atoms with Crippen LogP contribution in [-0.2, 0) is 19.5 Å². The van der Waals surface area contributed by atoms with Crippen LogP contribution in [0.3, 0.4) is 0 Å². The lowest BCUT2D eigenvalue weighted by Gasteiger charge is -2.35. The third-order valence-electron chi connectivity index (χ3n) is 6.09. The van der Waals surface area contributed by atoms with E-state index in [1.165, 1.54) is 32.2 Å². The van der Waals surface area contributed by atoms with Gasteiger partial charge in [-0.25, -0.2) is 9.48 Å². The molecule has 0 spiro atoms. The number of nitrogens with one attached hydrogen (secondary N) is 2. The van der Waals surface area contributed by atoms with Gasteiger partial charge >= 0.3 is 5.69 Å². The molecule has 0 bridgehead atoms. The SMILES string of the molecule is CCNC(=NCCCn1nc2n(c1=O)CCCC2)NCCN1CCCCC1CC. The highest BCUT2D eigenvalue weighted by Crippen LogP contribution is 2.18. The summed E-state index contributed by atoms with van der Waals surface area (Å²) in [5.74, 6) is 1.82. The Bertz CT molecular complexity index is 708. The van der Waals surface area contributed by atoms with Crippen molar-refractivity contribution >= 4 is 5.96 Å². The molecular weight excluding hydrogens is 366 g/mol. The van der Waals surface area contributed by atoms with Crippen molar-refractivity contribution in [2.24, 2.45) is 4.99 Å². The molecule has 0 amide bonds.